The molecule has 0 fully saturated rings. The summed E-state index contributed by atoms with van der Waals surface area (Å²) in [5.41, 5.74) is 4.78. The summed E-state index contributed by atoms with van der Waals surface area (Å²) < 4.78 is 4.37. The molecule has 0 aromatic carbocycles. The van der Waals surface area contributed by atoms with Gasteiger partial charge in [-0.15, -0.1) is 0 Å². The van der Waals surface area contributed by atoms with E-state index >= 15 is 0 Å². The van der Waals surface area contributed by atoms with Crippen molar-refractivity contribution in [2.45, 2.75) is 40.4 Å². The molecule has 5 nitrogen and oxygen atoms in total. The molecule has 0 bridgehead atoms. The van der Waals surface area contributed by atoms with Crippen LogP contribution >= 0.6 is 0 Å². The molecule has 0 saturated heterocycles. The monoisotopic (exact) mass is 245 g/mol. The minimum Gasteiger partial charge on any atom is -0.326 e. The topological polar surface area (TPSA) is 47.7 Å². The third-order valence-corrected chi connectivity index (χ3v) is 3.67. The summed E-state index contributed by atoms with van der Waals surface area (Å²) in [5, 5.41) is 7.94. The van der Waals surface area contributed by atoms with Gasteiger partial charge in [0.1, 0.15) is 5.82 Å². The molecule has 2 aromatic heterocycles. The van der Waals surface area contributed by atoms with Gasteiger partial charge in [0.15, 0.2) is 0 Å². The van der Waals surface area contributed by atoms with Crippen LogP contribution in [0.3, 0.4) is 0 Å². The number of hydrogen-bond donors (Lipinski definition) is 1. The van der Waals surface area contributed by atoms with Gasteiger partial charge >= 0.3 is 0 Å². The Morgan fingerprint density at radius 3 is 2.94 bits per heavy atom. The summed E-state index contributed by atoms with van der Waals surface area (Å²) in [7, 11) is 0. The van der Waals surface area contributed by atoms with E-state index in [4.69, 9.17) is 0 Å². The van der Waals surface area contributed by atoms with Gasteiger partial charge in [0.05, 0.1) is 24.1 Å². The van der Waals surface area contributed by atoms with E-state index in [0.29, 0.717) is 0 Å². The third kappa shape index (κ3) is 1.58. The Kier molecular flexibility index (Phi) is 2.70. The summed E-state index contributed by atoms with van der Waals surface area (Å²) in [6.07, 6.45) is 1.99. The SMILES string of the molecule is CCn1nc(C)c(-c2cnc3n2CCNC3)c1C. The molecule has 1 aliphatic heterocycles. The van der Waals surface area contributed by atoms with Gasteiger partial charge in [0.25, 0.3) is 0 Å². The van der Waals surface area contributed by atoms with Crippen molar-refractivity contribution in [2.75, 3.05) is 6.54 Å². The molecule has 3 rings (SSSR count). The third-order valence-electron chi connectivity index (χ3n) is 3.67. The molecule has 0 aliphatic carbocycles. The van der Waals surface area contributed by atoms with Gasteiger partial charge in [-0.25, -0.2) is 4.98 Å². The maximum atomic E-state index is 4.59. The van der Waals surface area contributed by atoms with Crippen molar-refractivity contribution < 1.29 is 0 Å². The second-order valence-corrected chi connectivity index (χ2v) is 4.75. The van der Waals surface area contributed by atoms with Crippen molar-refractivity contribution in [2.24, 2.45) is 0 Å². The second-order valence-electron chi connectivity index (χ2n) is 4.75. The van der Waals surface area contributed by atoms with Crippen molar-refractivity contribution in [1.82, 2.24) is 24.6 Å². The van der Waals surface area contributed by atoms with E-state index in [1.807, 2.05) is 6.20 Å². The Morgan fingerprint density at radius 2 is 2.22 bits per heavy atom. The molecule has 1 aliphatic rings. The molecular weight excluding hydrogens is 226 g/mol. The first-order valence-corrected chi connectivity index (χ1v) is 6.52. The lowest BCUT2D eigenvalue weighted by Crippen LogP contribution is -2.28. The van der Waals surface area contributed by atoms with Gasteiger partial charge in [-0.2, -0.15) is 5.10 Å². The predicted molar refractivity (Wildman–Crippen MR) is 70.3 cm³/mol. The smallest absolute Gasteiger partial charge is 0.123 e. The minimum atomic E-state index is 0.861. The number of nitrogens with one attached hydrogen (secondary N) is 1. The number of hydrogen-bond acceptors (Lipinski definition) is 3. The van der Waals surface area contributed by atoms with Crippen LogP contribution in [0.2, 0.25) is 0 Å². The highest BCUT2D eigenvalue weighted by Gasteiger charge is 2.20. The van der Waals surface area contributed by atoms with Crippen LogP contribution in [0.1, 0.15) is 24.1 Å². The zero-order chi connectivity index (χ0) is 12.7. The Labute approximate surface area is 107 Å². The molecule has 0 amide bonds. The first-order chi connectivity index (χ1) is 8.72. The maximum absolute atomic E-state index is 4.59. The summed E-state index contributed by atoms with van der Waals surface area (Å²) in [6, 6.07) is 0. The van der Waals surface area contributed by atoms with Crippen LogP contribution in [0.25, 0.3) is 11.3 Å². The van der Waals surface area contributed by atoms with Crippen LogP contribution in [0.15, 0.2) is 6.20 Å². The lowest BCUT2D eigenvalue weighted by molar-refractivity contribution is 0.508. The largest absolute Gasteiger partial charge is 0.326 e. The fraction of sp³-hybridized carbons (Fsp3) is 0.538. The Balaban J connectivity index is 2.15. The standard InChI is InChI=1S/C13H19N5/c1-4-18-10(3)13(9(2)16-18)11-7-15-12-8-14-5-6-17(11)12/h7,14H,4-6,8H2,1-3H3. The number of aryl methyl sites for hydroxylation is 2. The summed E-state index contributed by atoms with van der Waals surface area (Å²) >= 11 is 0. The number of rotatable bonds is 2. The van der Waals surface area contributed by atoms with Crippen molar-refractivity contribution >= 4 is 0 Å². The van der Waals surface area contributed by atoms with Crippen LogP contribution in [0.4, 0.5) is 0 Å². The van der Waals surface area contributed by atoms with Crippen LogP contribution in [0, 0.1) is 13.8 Å². The van der Waals surface area contributed by atoms with E-state index in [1.54, 1.807) is 0 Å². The van der Waals surface area contributed by atoms with Gasteiger partial charge < -0.3 is 9.88 Å². The number of imidazole rings is 1. The summed E-state index contributed by atoms with van der Waals surface area (Å²) in [5.74, 6) is 1.12. The van der Waals surface area contributed by atoms with Crippen LogP contribution in [-0.4, -0.2) is 25.9 Å². The first kappa shape index (κ1) is 11.5. The van der Waals surface area contributed by atoms with Crippen molar-refractivity contribution in [3.05, 3.63) is 23.4 Å². The normalized spacial score (nSPS) is 14.8. The first-order valence-electron chi connectivity index (χ1n) is 6.52. The molecule has 3 heterocycles. The van der Waals surface area contributed by atoms with Crippen molar-refractivity contribution in [1.29, 1.82) is 0 Å². The van der Waals surface area contributed by atoms with Crippen molar-refractivity contribution in [3.63, 3.8) is 0 Å². The quantitative estimate of drug-likeness (QED) is 0.872. The van der Waals surface area contributed by atoms with Gasteiger partial charge in [-0.05, 0) is 20.8 Å². The molecule has 0 radical (unpaired) electrons. The molecule has 0 unspecified atom stereocenters. The predicted octanol–water partition coefficient (Wildman–Crippen LogP) is 1.49. The number of fused-ring (bicyclic) bond motifs is 1. The number of aromatic nitrogens is 4. The van der Waals surface area contributed by atoms with Gasteiger partial charge in [-0.1, -0.05) is 0 Å². The van der Waals surface area contributed by atoms with E-state index in [1.165, 1.54) is 17.0 Å². The van der Waals surface area contributed by atoms with Gasteiger partial charge in [0, 0.05) is 30.9 Å². The van der Waals surface area contributed by atoms with Crippen LogP contribution in [0.5, 0.6) is 0 Å². The second kappa shape index (κ2) is 4.24. The molecular formula is C13H19N5. The molecule has 0 atom stereocenters. The fourth-order valence-electron chi connectivity index (χ4n) is 2.77. The van der Waals surface area contributed by atoms with Gasteiger partial charge in [0.2, 0.25) is 0 Å². The average molecular weight is 245 g/mol. The summed E-state index contributed by atoms with van der Waals surface area (Å²) in [4.78, 5) is 4.51. The zero-order valence-corrected chi connectivity index (χ0v) is 11.2. The Hall–Kier alpha value is -1.62. The molecule has 0 spiro atoms. The average Bonchev–Trinajstić information content (AvgIpc) is 2.91. The molecule has 5 heteroatoms. The minimum absolute atomic E-state index is 0.861. The van der Waals surface area contributed by atoms with E-state index < -0.39 is 0 Å². The Bertz CT molecular complexity index is 578. The molecule has 0 saturated carbocycles. The molecule has 18 heavy (non-hydrogen) atoms. The lowest BCUT2D eigenvalue weighted by Gasteiger charge is -2.17. The van der Waals surface area contributed by atoms with Crippen molar-refractivity contribution in [3.8, 4) is 11.3 Å². The highest BCUT2D eigenvalue weighted by atomic mass is 15.3. The molecule has 96 valence electrons. The highest BCUT2D eigenvalue weighted by Crippen LogP contribution is 2.28. The Morgan fingerprint density at radius 1 is 1.39 bits per heavy atom. The maximum Gasteiger partial charge on any atom is 0.123 e. The molecule has 1 N–H and O–H groups in total. The van der Waals surface area contributed by atoms with E-state index in [9.17, 15) is 0 Å². The van der Waals surface area contributed by atoms with Gasteiger partial charge in [-0.3, -0.25) is 4.68 Å². The fourth-order valence-corrected chi connectivity index (χ4v) is 2.77. The summed E-state index contributed by atoms with van der Waals surface area (Å²) in [6.45, 7) is 10.1. The zero-order valence-electron chi connectivity index (χ0n) is 11.2. The number of nitrogens with zero attached hydrogens (tertiary/aromatic N) is 4. The van der Waals surface area contributed by atoms with E-state index in [0.717, 1.165) is 37.7 Å². The van der Waals surface area contributed by atoms with Crippen LogP contribution < -0.4 is 5.32 Å². The highest BCUT2D eigenvalue weighted by molar-refractivity contribution is 5.65. The molecule has 2 aromatic rings. The van der Waals surface area contributed by atoms with E-state index in [-0.39, 0.29) is 0 Å². The van der Waals surface area contributed by atoms with E-state index in [2.05, 4.69) is 45.4 Å². The lowest BCUT2D eigenvalue weighted by atomic mass is 10.1. The van der Waals surface area contributed by atoms with Crippen LogP contribution in [-0.2, 0) is 19.6 Å².